The van der Waals surface area contributed by atoms with Crippen molar-refractivity contribution in [2.45, 2.75) is 29.2 Å². The number of hydrogen-bond donors (Lipinski definition) is 2. The molecule has 7 nitrogen and oxygen atoms in total. The molecule has 0 spiro atoms. The van der Waals surface area contributed by atoms with Gasteiger partial charge in [0.1, 0.15) is 0 Å². The lowest BCUT2D eigenvalue weighted by Gasteiger charge is -2.12. The normalized spacial score (nSPS) is 12.6. The molecule has 1 atom stereocenters. The summed E-state index contributed by atoms with van der Waals surface area (Å²) in [5.74, 6) is 0.860. The Kier molecular flexibility index (Phi) is 7.43. The molecule has 0 unspecified atom stereocenters. The Hall–Kier alpha value is -3.04. The zero-order valence-corrected chi connectivity index (χ0v) is 20.1. The molecule has 0 fully saturated rings. The SMILES string of the molecule is Cc1nc(-c2ccc(S(=O)(=O)c3ccc(CCNC[C@H](O)c4cccc(Cl)c4)cc3)cc2)no1. The molecule has 4 aromatic rings. The molecule has 0 radical (unpaired) electrons. The Bertz CT molecular complexity index is 1350. The van der Waals surface area contributed by atoms with E-state index in [0.717, 1.165) is 11.1 Å². The molecule has 0 amide bonds. The van der Waals surface area contributed by atoms with Gasteiger partial charge in [0.15, 0.2) is 0 Å². The Morgan fingerprint density at radius 1 is 1.03 bits per heavy atom. The fourth-order valence-corrected chi connectivity index (χ4v) is 4.93. The highest BCUT2D eigenvalue weighted by molar-refractivity contribution is 7.91. The van der Waals surface area contributed by atoms with Crippen LogP contribution in [0.15, 0.2) is 87.1 Å². The van der Waals surface area contributed by atoms with Crippen LogP contribution in [0, 0.1) is 6.92 Å². The molecule has 0 aliphatic rings. The van der Waals surface area contributed by atoms with Gasteiger partial charge in [-0.15, -0.1) is 0 Å². The molecule has 0 aliphatic carbocycles. The topological polar surface area (TPSA) is 105 Å². The van der Waals surface area contributed by atoms with Gasteiger partial charge >= 0.3 is 0 Å². The summed E-state index contributed by atoms with van der Waals surface area (Å²) in [6.07, 6.45) is 0.0446. The zero-order chi connectivity index (χ0) is 24.1. The van der Waals surface area contributed by atoms with E-state index in [1.54, 1.807) is 73.7 Å². The summed E-state index contributed by atoms with van der Waals surface area (Å²) in [5, 5.41) is 17.9. The Morgan fingerprint density at radius 3 is 2.32 bits per heavy atom. The lowest BCUT2D eigenvalue weighted by molar-refractivity contribution is 0.175. The lowest BCUT2D eigenvalue weighted by atomic mass is 10.1. The van der Waals surface area contributed by atoms with Crippen molar-refractivity contribution in [3.05, 3.63) is 94.8 Å². The highest BCUT2D eigenvalue weighted by atomic mass is 35.5. The molecule has 176 valence electrons. The van der Waals surface area contributed by atoms with Crippen molar-refractivity contribution in [2.75, 3.05) is 13.1 Å². The number of halogens is 1. The third-order valence-corrected chi connectivity index (χ3v) is 7.37. The zero-order valence-electron chi connectivity index (χ0n) is 18.5. The number of sulfone groups is 1. The van der Waals surface area contributed by atoms with Crippen LogP contribution >= 0.6 is 11.6 Å². The molecule has 0 bridgehead atoms. The van der Waals surface area contributed by atoms with E-state index in [9.17, 15) is 13.5 Å². The van der Waals surface area contributed by atoms with Gasteiger partial charge in [0.2, 0.25) is 21.6 Å². The van der Waals surface area contributed by atoms with Gasteiger partial charge in [-0.3, -0.25) is 0 Å². The second-order valence-corrected chi connectivity index (χ2v) is 10.2. The van der Waals surface area contributed by atoms with E-state index in [0.29, 0.717) is 41.8 Å². The maximum absolute atomic E-state index is 13.0. The van der Waals surface area contributed by atoms with Gasteiger partial charge in [-0.05, 0) is 72.6 Å². The Balaban J connectivity index is 1.33. The standard InChI is InChI=1S/C25H24ClN3O4S/c1-17-28-25(29-33-17)19-7-11-23(12-8-19)34(31,32)22-9-5-18(6-10-22)13-14-27-16-24(30)20-3-2-4-21(26)15-20/h2-12,15,24,27,30H,13-14,16H2,1H3/t24-/m0/s1. The quantitative estimate of drug-likeness (QED) is 0.330. The van der Waals surface area contributed by atoms with E-state index in [-0.39, 0.29) is 9.79 Å². The highest BCUT2D eigenvalue weighted by Gasteiger charge is 2.18. The van der Waals surface area contributed by atoms with Crippen molar-refractivity contribution in [3.8, 4) is 11.4 Å². The van der Waals surface area contributed by atoms with E-state index < -0.39 is 15.9 Å². The molecule has 2 N–H and O–H groups in total. The molecule has 1 heterocycles. The van der Waals surface area contributed by atoms with Crippen LogP contribution in [0.1, 0.15) is 23.1 Å². The third kappa shape index (κ3) is 5.71. The minimum Gasteiger partial charge on any atom is -0.387 e. The number of aliphatic hydroxyl groups is 1. The summed E-state index contributed by atoms with van der Waals surface area (Å²) in [5.41, 5.74) is 2.43. The lowest BCUT2D eigenvalue weighted by Crippen LogP contribution is -2.23. The first kappa shape index (κ1) is 24.1. The fraction of sp³-hybridized carbons (Fsp3) is 0.200. The van der Waals surface area contributed by atoms with E-state index in [1.165, 1.54) is 0 Å². The minimum atomic E-state index is -3.64. The number of aryl methyl sites for hydroxylation is 1. The first-order valence-electron chi connectivity index (χ1n) is 10.7. The van der Waals surface area contributed by atoms with Crippen LogP contribution in [0.5, 0.6) is 0 Å². The summed E-state index contributed by atoms with van der Waals surface area (Å²) in [4.78, 5) is 4.57. The maximum Gasteiger partial charge on any atom is 0.223 e. The van der Waals surface area contributed by atoms with Gasteiger partial charge in [0, 0.05) is 24.1 Å². The molecule has 0 saturated carbocycles. The van der Waals surface area contributed by atoms with Crippen LogP contribution < -0.4 is 5.32 Å². The van der Waals surface area contributed by atoms with Crippen molar-refractivity contribution in [1.29, 1.82) is 0 Å². The molecule has 3 aromatic carbocycles. The number of nitrogens with zero attached hydrogens (tertiary/aromatic N) is 2. The molecular formula is C25H24ClN3O4S. The van der Waals surface area contributed by atoms with Crippen LogP contribution in [-0.4, -0.2) is 36.8 Å². The van der Waals surface area contributed by atoms with Crippen LogP contribution in [0.2, 0.25) is 5.02 Å². The van der Waals surface area contributed by atoms with E-state index in [2.05, 4.69) is 15.5 Å². The second kappa shape index (κ2) is 10.5. The average molecular weight is 498 g/mol. The summed E-state index contributed by atoms with van der Waals surface area (Å²) in [7, 11) is -3.64. The van der Waals surface area contributed by atoms with Crippen molar-refractivity contribution >= 4 is 21.4 Å². The molecule has 34 heavy (non-hydrogen) atoms. The van der Waals surface area contributed by atoms with Gasteiger partial charge in [-0.25, -0.2) is 8.42 Å². The number of aromatic nitrogens is 2. The third-order valence-electron chi connectivity index (χ3n) is 5.35. The molecule has 4 rings (SSSR count). The minimum absolute atomic E-state index is 0.195. The first-order chi connectivity index (χ1) is 16.3. The van der Waals surface area contributed by atoms with Gasteiger partial charge in [-0.1, -0.05) is 41.0 Å². The average Bonchev–Trinajstić information content (AvgIpc) is 3.28. The first-order valence-corrected chi connectivity index (χ1v) is 12.6. The van der Waals surface area contributed by atoms with Crippen LogP contribution in [0.25, 0.3) is 11.4 Å². The van der Waals surface area contributed by atoms with Crippen LogP contribution in [0.3, 0.4) is 0 Å². The maximum atomic E-state index is 13.0. The van der Waals surface area contributed by atoms with Gasteiger partial charge in [0.25, 0.3) is 0 Å². The van der Waals surface area contributed by atoms with Gasteiger partial charge in [-0.2, -0.15) is 4.98 Å². The largest absolute Gasteiger partial charge is 0.387 e. The summed E-state index contributed by atoms with van der Waals surface area (Å²) in [6, 6.07) is 20.4. The van der Waals surface area contributed by atoms with Crippen molar-refractivity contribution in [3.63, 3.8) is 0 Å². The second-order valence-electron chi connectivity index (χ2n) is 7.83. The van der Waals surface area contributed by atoms with E-state index in [4.69, 9.17) is 16.1 Å². The fourth-order valence-electron chi connectivity index (χ4n) is 3.47. The van der Waals surface area contributed by atoms with Gasteiger partial charge in [0.05, 0.1) is 15.9 Å². The van der Waals surface area contributed by atoms with Crippen molar-refractivity contribution in [1.82, 2.24) is 15.5 Å². The molecular weight excluding hydrogens is 474 g/mol. The predicted octanol–water partition coefficient (Wildman–Crippen LogP) is 4.40. The number of nitrogens with one attached hydrogen (secondary N) is 1. The summed E-state index contributed by atoms with van der Waals surface area (Å²) >= 11 is 5.96. The number of hydrogen-bond acceptors (Lipinski definition) is 7. The van der Waals surface area contributed by atoms with Crippen LogP contribution in [0.4, 0.5) is 0 Å². The summed E-state index contributed by atoms with van der Waals surface area (Å²) < 4.78 is 31.0. The number of rotatable bonds is 9. The molecule has 9 heteroatoms. The molecule has 0 saturated heterocycles. The molecule has 1 aromatic heterocycles. The molecule has 0 aliphatic heterocycles. The Labute approximate surface area is 203 Å². The smallest absolute Gasteiger partial charge is 0.223 e. The van der Waals surface area contributed by atoms with Gasteiger partial charge < -0.3 is 14.9 Å². The van der Waals surface area contributed by atoms with Crippen molar-refractivity contribution in [2.24, 2.45) is 0 Å². The monoisotopic (exact) mass is 497 g/mol. The van der Waals surface area contributed by atoms with E-state index in [1.807, 2.05) is 6.07 Å². The Morgan fingerprint density at radius 2 is 1.71 bits per heavy atom. The number of benzene rings is 3. The van der Waals surface area contributed by atoms with E-state index >= 15 is 0 Å². The summed E-state index contributed by atoms with van der Waals surface area (Å²) in [6.45, 7) is 2.73. The van der Waals surface area contributed by atoms with Crippen LogP contribution in [-0.2, 0) is 16.3 Å². The predicted molar refractivity (Wildman–Crippen MR) is 129 cm³/mol. The highest BCUT2D eigenvalue weighted by Crippen LogP contribution is 2.24. The number of aliphatic hydroxyl groups excluding tert-OH is 1. The van der Waals surface area contributed by atoms with Crippen molar-refractivity contribution < 1.29 is 18.0 Å².